The number of carbonyl (C=O) groups excluding carboxylic acids is 1. The molecule has 2 aromatic carbocycles. The van der Waals surface area contributed by atoms with E-state index in [1.165, 1.54) is 37.4 Å². The van der Waals surface area contributed by atoms with Gasteiger partial charge in [-0.25, -0.2) is 18.4 Å². The third kappa shape index (κ3) is 13.9. The summed E-state index contributed by atoms with van der Waals surface area (Å²) in [5.74, 6) is -2.66. The van der Waals surface area contributed by atoms with Crippen LogP contribution in [0, 0.1) is 39.3 Å². The molecule has 2 heterocycles. The van der Waals surface area contributed by atoms with Gasteiger partial charge in [-0.3, -0.25) is 10.2 Å². The van der Waals surface area contributed by atoms with Crippen LogP contribution in [0.2, 0.25) is 0 Å². The minimum atomic E-state index is -1.11. The van der Waals surface area contributed by atoms with E-state index in [4.69, 9.17) is 14.6 Å². The van der Waals surface area contributed by atoms with E-state index in [0.29, 0.717) is 19.6 Å². The summed E-state index contributed by atoms with van der Waals surface area (Å²) in [6.07, 6.45) is 2.99. The average molecular weight is 707 g/mol. The van der Waals surface area contributed by atoms with Crippen molar-refractivity contribution in [2.45, 2.75) is 68.2 Å². The number of hydrogen-bond acceptors (Lipinski definition) is 8. The van der Waals surface area contributed by atoms with E-state index in [9.17, 15) is 18.4 Å². The number of ether oxygens (including phenoxy) is 3. The fourth-order valence-electron chi connectivity index (χ4n) is 4.35. The molecule has 11 nitrogen and oxygen atoms in total. The molecule has 0 aliphatic heterocycles. The zero-order valence-corrected chi connectivity index (χ0v) is 29.5. The Morgan fingerprint density at radius 1 is 0.771 bits per heavy atom. The van der Waals surface area contributed by atoms with Crippen molar-refractivity contribution in [2.24, 2.45) is 0 Å². The van der Waals surface area contributed by atoms with Crippen LogP contribution in [0.5, 0.6) is 11.5 Å². The summed E-state index contributed by atoms with van der Waals surface area (Å²) in [5.41, 5.74) is 6.55. The molecule has 0 fully saturated rings. The quantitative estimate of drug-likeness (QED) is 0.110. The Labute approximate surface area is 309 Å². The molecule has 0 amide bonds. The zero-order chi connectivity index (χ0) is 31.5. The number of nitrogens with zero attached hydrogens (tertiary/aromatic N) is 2. The number of benzene rings is 2. The van der Waals surface area contributed by atoms with Crippen LogP contribution in [0.4, 0.5) is 8.78 Å². The van der Waals surface area contributed by atoms with Gasteiger partial charge in [0, 0.05) is 11.4 Å². The van der Waals surface area contributed by atoms with Gasteiger partial charge in [0.2, 0.25) is 0 Å². The Balaban J connectivity index is -0.000000765. The number of aromatic carboxylic acids is 1. The maximum atomic E-state index is 13.7. The largest absolute Gasteiger partial charge is 1.00 e. The smallest absolute Gasteiger partial charge is 0.870 e. The number of halogens is 3. The van der Waals surface area contributed by atoms with Crippen LogP contribution < -0.4 is 39.0 Å². The van der Waals surface area contributed by atoms with Gasteiger partial charge in [0.05, 0.1) is 42.8 Å². The first-order valence-electron chi connectivity index (χ1n) is 13.7. The normalized spacial score (nSPS) is 9.48. The SMILES string of the molecule is C.C.COC(=O)c1ccc(F)c(OCCCc2c(C)n[nH]c2C)c1.Cc1n[nH]c(C)c1CCCOc1cc(C(=O)O)ccc1F.Cl.[Na+].[OH-]. The van der Waals surface area contributed by atoms with Gasteiger partial charge in [-0.15, -0.1) is 12.4 Å². The van der Waals surface area contributed by atoms with E-state index in [0.717, 1.165) is 59.2 Å². The molecule has 0 aliphatic rings. The Morgan fingerprint density at radius 2 is 1.17 bits per heavy atom. The van der Waals surface area contributed by atoms with Crippen molar-refractivity contribution in [3.05, 3.63) is 93.1 Å². The van der Waals surface area contributed by atoms with Gasteiger partial charge in [0.15, 0.2) is 23.1 Å². The predicted octanol–water partition coefficient (Wildman–Crippen LogP) is 4.36. The minimum absolute atomic E-state index is 0. The fraction of sp³-hybridized carbons (Fsp3) is 0.394. The molecule has 0 saturated carbocycles. The first kappa shape index (κ1) is 48.9. The molecule has 262 valence electrons. The Morgan fingerprint density at radius 3 is 1.52 bits per heavy atom. The molecule has 0 unspecified atom stereocenters. The summed E-state index contributed by atoms with van der Waals surface area (Å²) in [7, 11) is 1.28. The molecule has 4 N–H and O–H groups in total. The Hall–Kier alpha value is -3.49. The minimum Gasteiger partial charge on any atom is -0.870 e. The molecule has 0 bridgehead atoms. The average Bonchev–Trinajstić information content (AvgIpc) is 3.48. The number of hydrogen-bond donors (Lipinski definition) is 3. The number of methoxy groups -OCH3 is 1. The van der Waals surface area contributed by atoms with E-state index in [2.05, 4.69) is 25.1 Å². The predicted molar refractivity (Wildman–Crippen MR) is 177 cm³/mol. The molecular formula is C33H46ClF2N4NaO7. The van der Waals surface area contributed by atoms with Crippen LogP contribution in [-0.4, -0.2) is 63.2 Å². The van der Waals surface area contributed by atoms with Crippen molar-refractivity contribution in [1.82, 2.24) is 20.4 Å². The van der Waals surface area contributed by atoms with E-state index in [-0.39, 0.29) is 84.9 Å². The fourth-order valence-corrected chi connectivity index (χ4v) is 4.35. The topological polar surface area (TPSA) is 169 Å². The molecule has 0 saturated heterocycles. The Kier molecular flexibility index (Phi) is 24.2. The van der Waals surface area contributed by atoms with Gasteiger partial charge in [0.25, 0.3) is 0 Å². The van der Waals surface area contributed by atoms with Crippen LogP contribution in [-0.2, 0) is 17.6 Å². The van der Waals surface area contributed by atoms with Crippen LogP contribution in [0.25, 0.3) is 0 Å². The van der Waals surface area contributed by atoms with Crippen molar-refractivity contribution < 1.29 is 72.7 Å². The van der Waals surface area contributed by atoms with Crippen molar-refractivity contribution >= 4 is 24.3 Å². The zero-order valence-electron chi connectivity index (χ0n) is 26.7. The summed E-state index contributed by atoms with van der Waals surface area (Å²) in [6.45, 7) is 8.45. The molecule has 15 heteroatoms. The van der Waals surface area contributed by atoms with Crippen molar-refractivity contribution in [3.63, 3.8) is 0 Å². The van der Waals surface area contributed by atoms with E-state index < -0.39 is 23.6 Å². The summed E-state index contributed by atoms with van der Waals surface area (Å²) in [6, 6.07) is 7.44. The number of carboxylic acids is 1. The van der Waals surface area contributed by atoms with Gasteiger partial charge >= 0.3 is 41.5 Å². The molecular weight excluding hydrogens is 661 g/mol. The second-order valence-electron chi connectivity index (χ2n) is 9.82. The molecule has 0 spiro atoms. The van der Waals surface area contributed by atoms with Crippen LogP contribution in [0.15, 0.2) is 36.4 Å². The van der Waals surface area contributed by atoms with Gasteiger partial charge < -0.3 is 24.8 Å². The van der Waals surface area contributed by atoms with E-state index >= 15 is 0 Å². The first-order chi connectivity index (χ1) is 20.5. The number of esters is 1. The molecule has 0 aliphatic carbocycles. The van der Waals surface area contributed by atoms with Crippen LogP contribution >= 0.6 is 12.4 Å². The maximum Gasteiger partial charge on any atom is 1.00 e. The standard InChI is InChI=1S/C16H19FN2O3.C15H17FN2O3.2CH4.ClH.Na.H2O/c1-10-13(11(2)19-18-10)5-4-8-22-15-9-12(16(20)21-3)6-7-14(15)17;1-9-12(10(2)18-17-9)4-3-7-21-14-8-11(15(19)20)5-6-13(14)16;;;;;/h6-7,9H,4-5,8H2,1-3H3,(H,18,19);5-6,8H,3-4,7H2,1-2H3,(H,17,18)(H,19,20);2*1H4;1H;;1H2/q;;;;;+1;/p-1. The second-order valence-corrected chi connectivity index (χ2v) is 9.82. The van der Waals surface area contributed by atoms with E-state index in [1.54, 1.807) is 0 Å². The van der Waals surface area contributed by atoms with Crippen molar-refractivity contribution in [1.29, 1.82) is 0 Å². The number of nitrogens with one attached hydrogen (secondary N) is 2. The number of aromatic amines is 2. The molecule has 4 rings (SSSR count). The van der Waals surface area contributed by atoms with Gasteiger partial charge in [-0.2, -0.15) is 10.2 Å². The molecule has 48 heavy (non-hydrogen) atoms. The molecule has 2 aromatic heterocycles. The number of aryl methyl sites for hydroxylation is 4. The third-order valence-electron chi connectivity index (χ3n) is 6.75. The van der Waals surface area contributed by atoms with Crippen LogP contribution in [0.3, 0.4) is 0 Å². The number of aromatic nitrogens is 4. The summed E-state index contributed by atoms with van der Waals surface area (Å²) in [4.78, 5) is 22.3. The monoisotopic (exact) mass is 706 g/mol. The number of carbonyl (C=O) groups is 2. The van der Waals surface area contributed by atoms with Gasteiger partial charge in [-0.05, 0) is 101 Å². The number of H-pyrrole nitrogens is 2. The Bertz CT molecular complexity index is 1530. The van der Waals surface area contributed by atoms with Gasteiger partial charge in [-0.1, -0.05) is 14.9 Å². The summed E-state index contributed by atoms with van der Waals surface area (Å²) < 4.78 is 42.6. The number of rotatable bonds is 12. The molecule has 0 radical (unpaired) electrons. The van der Waals surface area contributed by atoms with Crippen LogP contribution in [0.1, 0.15) is 82.3 Å². The summed E-state index contributed by atoms with van der Waals surface area (Å²) >= 11 is 0. The van der Waals surface area contributed by atoms with Crippen molar-refractivity contribution in [2.75, 3.05) is 20.3 Å². The molecule has 4 aromatic rings. The number of carboxylic acid groups (broad SMARTS) is 1. The third-order valence-corrected chi connectivity index (χ3v) is 6.75. The van der Waals surface area contributed by atoms with Crippen molar-refractivity contribution in [3.8, 4) is 11.5 Å². The molecule has 0 atom stereocenters. The maximum absolute atomic E-state index is 13.7. The first-order valence-corrected chi connectivity index (χ1v) is 13.7. The van der Waals surface area contributed by atoms with Gasteiger partial charge in [0.1, 0.15) is 0 Å². The van der Waals surface area contributed by atoms with E-state index in [1.807, 2.05) is 27.7 Å². The summed E-state index contributed by atoms with van der Waals surface area (Å²) in [5, 5.41) is 22.9. The second kappa shape index (κ2) is 23.8.